The highest BCUT2D eigenvalue weighted by Gasteiger charge is 2.35. The van der Waals surface area contributed by atoms with Gasteiger partial charge in [0, 0.05) is 26.2 Å². The summed E-state index contributed by atoms with van der Waals surface area (Å²) in [4.78, 5) is 17.2. The average Bonchev–Trinajstić information content (AvgIpc) is 2.79. The fourth-order valence-electron chi connectivity index (χ4n) is 4.19. The first kappa shape index (κ1) is 20.2. The standard InChI is InChI=1S/C24H27N3O3/c1-2-29-22-8-9-23-19(13-22)12-20(17-30-23)24(28)27-11-10-26(21(14-25)16-27)15-18-6-4-3-5-7-18/h3-9,13,20-21H,2,10-12,15-17H2,1H3. The molecule has 6 heteroatoms. The predicted octanol–water partition coefficient (Wildman–Crippen LogP) is 2.87. The van der Waals surface area contributed by atoms with E-state index in [9.17, 15) is 10.1 Å². The van der Waals surface area contributed by atoms with Crippen molar-refractivity contribution in [2.24, 2.45) is 5.92 Å². The van der Waals surface area contributed by atoms with E-state index in [-0.39, 0.29) is 17.9 Å². The Kier molecular flexibility index (Phi) is 6.20. The molecule has 30 heavy (non-hydrogen) atoms. The smallest absolute Gasteiger partial charge is 0.229 e. The first-order chi connectivity index (χ1) is 14.7. The molecule has 2 aromatic carbocycles. The SMILES string of the molecule is CCOc1ccc2c(c1)CC(C(=O)N1CCN(Cc3ccccc3)C(C#N)C1)CO2. The lowest BCUT2D eigenvalue weighted by Gasteiger charge is -2.40. The van der Waals surface area contributed by atoms with E-state index in [1.165, 1.54) is 5.56 Å². The Bertz CT molecular complexity index is 925. The van der Waals surface area contributed by atoms with E-state index >= 15 is 0 Å². The number of hydrogen-bond acceptors (Lipinski definition) is 5. The number of fused-ring (bicyclic) bond motifs is 1. The highest BCUT2D eigenvalue weighted by molar-refractivity contribution is 5.80. The van der Waals surface area contributed by atoms with Crippen LogP contribution >= 0.6 is 0 Å². The van der Waals surface area contributed by atoms with Gasteiger partial charge in [-0.3, -0.25) is 9.69 Å². The van der Waals surface area contributed by atoms with Crippen LogP contribution in [0.1, 0.15) is 18.1 Å². The first-order valence-corrected chi connectivity index (χ1v) is 10.5. The maximum atomic E-state index is 13.2. The summed E-state index contributed by atoms with van der Waals surface area (Å²) < 4.78 is 11.4. The Morgan fingerprint density at radius 2 is 2.07 bits per heavy atom. The van der Waals surface area contributed by atoms with Crippen LogP contribution < -0.4 is 9.47 Å². The zero-order valence-corrected chi connectivity index (χ0v) is 17.3. The largest absolute Gasteiger partial charge is 0.494 e. The molecule has 2 heterocycles. The second kappa shape index (κ2) is 9.19. The van der Waals surface area contributed by atoms with Crippen LogP contribution in [0.15, 0.2) is 48.5 Å². The Hall–Kier alpha value is -3.04. The summed E-state index contributed by atoms with van der Waals surface area (Å²) in [6.07, 6.45) is 0.635. The van der Waals surface area contributed by atoms with Gasteiger partial charge in [-0.25, -0.2) is 0 Å². The number of carbonyl (C=O) groups excluding carboxylic acids is 1. The van der Waals surface area contributed by atoms with Crippen molar-refractivity contribution in [1.29, 1.82) is 5.26 Å². The Morgan fingerprint density at radius 3 is 2.83 bits per heavy atom. The molecule has 0 spiro atoms. The first-order valence-electron chi connectivity index (χ1n) is 10.5. The zero-order valence-electron chi connectivity index (χ0n) is 17.3. The molecule has 6 nitrogen and oxygen atoms in total. The van der Waals surface area contributed by atoms with Gasteiger partial charge in [0.15, 0.2) is 0 Å². The number of nitriles is 1. The minimum Gasteiger partial charge on any atom is -0.494 e. The number of rotatable bonds is 5. The van der Waals surface area contributed by atoms with E-state index in [1.54, 1.807) is 0 Å². The van der Waals surface area contributed by atoms with Crippen LogP contribution in [0.4, 0.5) is 0 Å². The van der Waals surface area contributed by atoms with Gasteiger partial charge in [0.2, 0.25) is 5.91 Å². The molecule has 0 bridgehead atoms. The number of ether oxygens (including phenoxy) is 2. The number of piperazine rings is 1. The van der Waals surface area contributed by atoms with E-state index in [0.29, 0.717) is 39.3 Å². The van der Waals surface area contributed by atoms with Crippen LogP contribution in [0.2, 0.25) is 0 Å². The summed E-state index contributed by atoms with van der Waals surface area (Å²) >= 11 is 0. The Balaban J connectivity index is 1.40. The lowest BCUT2D eigenvalue weighted by atomic mass is 9.94. The molecule has 1 saturated heterocycles. The monoisotopic (exact) mass is 405 g/mol. The normalized spacial score (nSPS) is 21.3. The van der Waals surface area contributed by atoms with Gasteiger partial charge >= 0.3 is 0 Å². The van der Waals surface area contributed by atoms with Crippen LogP contribution in [-0.2, 0) is 17.8 Å². The van der Waals surface area contributed by atoms with Crippen molar-refractivity contribution < 1.29 is 14.3 Å². The van der Waals surface area contributed by atoms with Crippen LogP contribution in [0.3, 0.4) is 0 Å². The molecular formula is C24H27N3O3. The van der Waals surface area contributed by atoms with Crippen LogP contribution in [0.25, 0.3) is 0 Å². The number of nitrogens with zero attached hydrogens (tertiary/aromatic N) is 3. The van der Waals surface area contributed by atoms with Gasteiger partial charge in [-0.1, -0.05) is 30.3 Å². The van der Waals surface area contributed by atoms with Gasteiger partial charge in [0.05, 0.1) is 18.6 Å². The van der Waals surface area contributed by atoms with Crippen molar-refractivity contribution >= 4 is 5.91 Å². The van der Waals surface area contributed by atoms with Crippen molar-refractivity contribution in [2.75, 3.05) is 32.8 Å². The summed E-state index contributed by atoms with van der Waals surface area (Å²) in [5, 5.41) is 9.69. The summed E-state index contributed by atoms with van der Waals surface area (Å²) in [6.45, 7) is 5.41. The molecule has 2 aliphatic heterocycles. The Labute approximate surface area is 177 Å². The second-order valence-corrected chi connectivity index (χ2v) is 7.80. The van der Waals surface area contributed by atoms with Gasteiger partial charge in [0.1, 0.15) is 24.1 Å². The molecule has 2 aromatic rings. The zero-order chi connectivity index (χ0) is 20.9. The lowest BCUT2D eigenvalue weighted by Crippen LogP contribution is -2.55. The minimum atomic E-state index is -0.302. The van der Waals surface area contributed by atoms with E-state index in [1.807, 2.05) is 48.2 Å². The van der Waals surface area contributed by atoms with Gasteiger partial charge in [-0.05, 0) is 42.7 Å². The summed E-state index contributed by atoms with van der Waals surface area (Å²) in [7, 11) is 0. The summed E-state index contributed by atoms with van der Waals surface area (Å²) in [5.74, 6) is 1.47. The number of benzene rings is 2. The minimum absolute atomic E-state index is 0.0714. The van der Waals surface area contributed by atoms with E-state index < -0.39 is 0 Å². The fraction of sp³-hybridized carbons (Fsp3) is 0.417. The van der Waals surface area contributed by atoms with Gasteiger partial charge in [-0.15, -0.1) is 0 Å². The molecule has 156 valence electrons. The van der Waals surface area contributed by atoms with E-state index in [4.69, 9.17) is 9.47 Å². The molecule has 2 unspecified atom stereocenters. The molecular weight excluding hydrogens is 378 g/mol. The number of hydrogen-bond donors (Lipinski definition) is 0. The fourth-order valence-corrected chi connectivity index (χ4v) is 4.19. The second-order valence-electron chi connectivity index (χ2n) is 7.80. The van der Waals surface area contributed by atoms with Crippen LogP contribution in [0, 0.1) is 17.2 Å². The van der Waals surface area contributed by atoms with Gasteiger partial charge < -0.3 is 14.4 Å². The van der Waals surface area contributed by atoms with Crippen molar-refractivity contribution in [3.63, 3.8) is 0 Å². The molecule has 4 rings (SSSR count). The molecule has 0 radical (unpaired) electrons. The quantitative estimate of drug-likeness (QED) is 0.765. The molecule has 0 aromatic heterocycles. The molecule has 1 fully saturated rings. The predicted molar refractivity (Wildman–Crippen MR) is 113 cm³/mol. The molecule has 2 aliphatic rings. The third kappa shape index (κ3) is 4.42. The molecule has 0 N–H and O–H groups in total. The van der Waals surface area contributed by atoms with Crippen LogP contribution in [-0.4, -0.2) is 54.6 Å². The maximum absolute atomic E-state index is 13.2. The summed E-state index contributed by atoms with van der Waals surface area (Å²) in [5.41, 5.74) is 2.19. The lowest BCUT2D eigenvalue weighted by molar-refractivity contribution is -0.139. The van der Waals surface area contributed by atoms with Crippen LogP contribution in [0.5, 0.6) is 11.5 Å². The van der Waals surface area contributed by atoms with E-state index in [0.717, 1.165) is 23.6 Å². The summed E-state index contributed by atoms with van der Waals surface area (Å²) in [6, 6.07) is 18.0. The third-order valence-corrected chi connectivity index (χ3v) is 5.78. The molecule has 2 atom stereocenters. The van der Waals surface area contributed by atoms with Gasteiger partial charge in [0.25, 0.3) is 0 Å². The maximum Gasteiger partial charge on any atom is 0.229 e. The topological polar surface area (TPSA) is 65.8 Å². The van der Waals surface area contributed by atoms with E-state index in [2.05, 4.69) is 23.1 Å². The van der Waals surface area contributed by atoms with Crippen molar-refractivity contribution in [2.45, 2.75) is 25.9 Å². The van der Waals surface area contributed by atoms with Crippen molar-refractivity contribution in [1.82, 2.24) is 9.80 Å². The number of amides is 1. The average molecular weight is 405 g/mol. The highest BCUT2D eigenvalue weighted by atomic mass is 16.5. The number of carbonyl (C=O) groups is 1. The molecule has 0 saturated carbocycles. The van der Waals surface area contributed by atoms with Crippen molar-refractivity contribution in [3.8, 4) is 17.6 Å². The third-order valence-electron chi connectivity index (χ3n) is 5.78. The van der Waals surface area contributed by atoms with Crippen molar-refractivity contribution in [3.05, 3.63) is 59.7 Å². The Morgan fingerprint density at radius 1 is 1.23 bits per heavy atom. The highest BCUT2D eigenvalue weighted by Crippen LogP contribution is 2.32. The molecule has 1 amide bonds. The molecule has 0 aliphatic carbocycles. The van der Waals surface area contributed by atoms with Gasteiger partial charge in [-0.2, -0.15) is 5.26 Å².